The quantitative estimate of drug-likeness (QED) is 0.273. The third-order valence-corrected chi connectivity index (χ3v) is 6.37. The van der Waals surface area contributed by atoms with Crippen molar-refractivity contribution in [1.82, 2.24) is 14.1 Å². The Morgan fingerprint density at radius 2 is 1.64 bits per heavy atom. The van der Waals surface area contributed by atoms with Crippen LogP contribution < -0.4 is 30.8 Å². The van der Waals surface area contributed by atoms with Crippen LogP contribution in [-0.2, 0) is 6.54 Å². The molecule has 0 bridgehead atoms. The maximum atomic E-state index is 13.4. The average molecular weight is 573 g/mol. The van der Waals surface area contributed by atoms with Gasteiger partial charge in [0, 0.05) is 29.5 Å². The molecule has 0 aliphatic carbocycles. The van der Waals surface area contributed by atoms with E-state index in [2.05, 4.69) is 10.3 Å². The maximum Gasteiger partial charge on any atom is 0.335 e. The van der Waals surface area contributed by atoms with Crippen molar-refractivity contribution in [2.24, 2.45) is 0 Å². The molecule has 2 aromatic heterocycles. The molecule has 0 unspecified atom stereocenters. The Hall–Kier alpha value is -5.49. The Balaban J connectivity index is 1.41. The summed E-state index contributed by atoms with van der Waals surface area (Å²) in [5, 5.41) is 12.7. The number of nitrogens with one attached hydrogen (secondary N) is 1. The lowest BCUT2D eigenvalue weighted by atomic mass is 10.2. The van der Waals surface area contributed by atoms with Gasteiger partial charge >= 0.3 is 5.69 Å². The fraction of sp³-hybridized carbons (Fsp3) is 0.133. The van der Waals surface area contributed by atoms with Crippen LogP contribution in [0.25, 0.3) is 16.6 Å². The van der Waals surface area contributed by atoms with Gasteiger partial charge in [0.1, 0.15) is 22.9 Å². The van der Waals surface area contributed by atoms with E-state index in [0.29, 0.717) is 39.6 Å². The number of anilines is 1. The Labute approximate surface area is 238 Å². The number of amides is 1. The third kappa shape index (κ3) is 5.56. The van der Waals surface area contributed by atoms with Crippen LogP contribution in [0.4, 0.5) is 10.1 Å². The molecule has 5 rings (SSSR count). The molecule has 0 atom stereocenters. The van der Waals surface area contributed by atoms with Gasteiger partial charge in [-0.15, -0.1) is 0 Å². The van der Waals surface area contributed by atoms with Crippen LogP contribution >= 0.6 is 0 Å². The zero-order valence-electron chi connectivity index (χ0n) is 22.5. The highest BCUT2D eigenvalue weighted by Gasteiger charge is 2.19. The number of carbonyl (C=O) groups excluding carboxylic acids is 1. The smallest absolute Gasteiger partial charge is 0.335 e. The number of nitrogens with zero attached hydrogens (tertiary/aromatic N) is 3. The van der Waals surface area contributed by atoms with Gasteiger partial charge in [-0.2, -0.15) is 0 Å². The Bertz CT molecular complexity index is 1880. The van der Waals surface area contributed by atoms with Crippen molar-refractivity contribution in [1.29, 1.82) is 0 Å². The normalized spacial score (nSPS) is 10.9. The number of benzene rings is 3. The lowest BCUT2D eigenvalue weighted by Crippen LogP contribution is -2.42. The molecule has 42 heavy (non-hydrogen) atoms. The molecule has 12 heteroatoms. The minimum Gasteiger partial charge on any atom is -0.493 e. The molecule has 5 aromatic rings. The van der Waals surface area contributed by atoms with Crippen LogP contribution in [0.2, 0.25) is 0 Å². The van der Waals surface area contributed by atoms with Crippen molar-refractivity contribution in [2.45, 2.75) is 6.54 Å². The van der Waals surface area contributed by atoms with Gasteiger partial charge in [0.25, 0.3) is 11.5 Å². The first-order chi connectivity index (χ1) is 20.3. The number of pyridine rings is 1. The molecule has 0 saturated heterocycles. The molecule has 2 heterocycles. The third-order valence-electron chi connectivity index (χ3n) is 6.37. The number of rotatable bonds is 9. The molecule has 1 amide bonds. The zero-order valence-corrected chi connectivity index (χ0v) is 22.5. The van der Waals surface area contributed by atoms with Crippen LogP contribution in [-0.4, -0.2) is 46.0 Å². The topological polar surface area (TPSA) is 134 Å². The molecule has 0 fully saturated rings. The number of aromatic nitrogens is 3. The summed E-state index contributed by atoms with van der Waals surface area (Å²) >= 11 is 0. The predicted octanol–water partition coefficient (Wildman–Crippen LogP) is 3.74. The fourth-order valence-corrected chi connectivity index (χ4v) is 4.31. The first-order valence-corrected chi connectivity index (χ1v) is 12.7. The molecule has 0 aliphatic heterocycles. The van der Waals surface area contributed by atoms with Crippen LogP contribution in [0, 0.1) is 5.82 Å². The van der Waals surface area contributed by atoms with Gasteiger partial charge in [0.05, 0.1) is 38.6 Å². The van der Waals surface area contributed by atoms with Crippen molar-refractivity contribution in [3.05, 3.63) is 111 Å². The number of fused-ring (bicyclic) bond motifs is 1. The molecular weight excluding hydrogens is 547 g/mol. The first kappa shape index (κ1) is 28.1. The van der Waals surface area contributed by atoms with Crippen molar-refractivity contribution in [2.75, 3.05) is 26.1 Å². The standard InChI is InChI=1S/C30H25FN4O7/c1-40-26-15-22-24(16-27(26)41-2)32-12-11-25(22)42-21-9-5-19(6-10-21)33-28(37)23-17-34(13-14-36)30(39)35(29(23)38)20-7-3-18(31)4-8-20/h3-12,15-17,36H,13-14H2,1-2H3,(H,33,37). The summed E-state index contributed by atoms with van der Waals surface area (Å²) < 4.78 is 32.0. The average Bonchev–Trinajstić information content (AvgIpc) is 3.00. The van der Waals surface area contributed by atoms with Gasteiger partial charge in [0.15, 0.2) is 11.5 Å². The molecule has 0 spiro atoms. The summed E-state index contributed by atoms with van der Waals surface area (Å²) in [4.78, 5) is 43.6. The Morgan fingerprint density at radius 1 is 0.952 bits per heavy atom. The fourth-order valence-electron chi connectivity index (χ4n) is 4.31. The second-order valence-electron chi connectivity index (χ2n) is 8.97. The van der Waals surface area contributed by atoms with Gasteiger partial charge in [-0.1, -0.05) is 0 Å². The van der Waals surface area contributed by atoms with Crippen molar-refractivity contribution in [3.63, 3.8) is 0 Å². The minimum absolute atomic E-state index is 0.0777. The minimum atomic E-state index is -0.894. The number of halogens is 1. The first-order valence-electron chi connectivity index (χ1n) is 12.7. The Kier molecular flexibility index (Phi) is 7.98. The van der Waals surface area contributed by atoms with E-state index in [1.165, 1.54) is 26.4 Å². The monoisotopic (exact) mass is 572 g/mol. The summed E-state index contributed by atoms with van der Waals surface area (Å²) in [5.74, 6) is 0.699. The molecule has 11 nitrogen and oxygen atoms in total. The van der Waals surface area contributed by atoms with E-state index < -0.39 is 29.6 Å². The number of hydrogen-bond acceptors (Lipinski definition) is 8. The van der Waals surface area contributed by atoms with E-state index in [4.69, 9.17) is 14.2 Å². The van der Waals surface area contributed by atoms with Crippen molar-refractivity contribution < 1.29 is 28.5 Å². The lowest BCUT2D eigenvalue weighted by Gasteiger charge is -2.13. The zero-order chi connectivity index (χ0) is 29.8. The number of methoxy groups -OCH3 is 2. The van der Waals surface area contributed by atoms with E-state index in [-0.39, 0.29) is 17.8 Å². The van der Waals surface area contributed by atoms with Gasteiger partial charge in [-0.25, -0.2) is 13.8 Å². The highest BCUT2D eigenvalue weighted by atomic mass is 19.1. The summed E-state index contributed by atoms with van der Waals surface area (Å²) in [7, 11) is 3.07. The van der Waals surface area contributed by atoms with Crippen molar-refractivity contribution >= 4 is 22.5 Å². The molecule has 0 radical (unpaired) electrons. The molecule has 0 saturated carbocycles. The number of hydrogen-bond donors (Lipinski definition) is 2. The van der Waals surface area contributed by atoms with E-state index in [0.717, 1.165) is 27.5 Å². The number of carbonyl (C=O) groups is 1. The molecule has 3 aromatic carbocycles. The SMILES string of the molecule is COc1cc2nccc(Oc3ccc(NC(=O)c4cn(CCO)c(=O)n(-c5ccc(F)cc5)c4=O)cc3)c2cc1OC. The predicted molar refractivity (Wildman–Crippen MR) is 153 cm³/mol. The molecule has 214 valence electrons. The van der Waals surface area contributed by atoms with E-state index in [9.17, 15) is 23.9 Å². The second kappa shape index (κ2) is 11.9. The van der Waals surface area contributed by atoms with Crippen LogP contribution in [0.15, 0.2) is 88.7 Å². The van der Waals surface area contributed by atoms with E-state index >= 15 is 0 Å². The second-order valence-corrected chi connectivity index (χ2v) is 8.97. The molecular formula is C30H25FN4O7. The van der Waals surface area contributed by atoms with Crippen LogP contribution in [0.5, 0.6) is 23.0 Å². The summed E-state index contributed by atoms with van der Waals surface area (Å²) in [6.45, 7) is -0.563. The van der Waals surface area contributed by atoms with Crippen LogP contribution in [0.1, 0.15) is 10.4 Å². The Morgan fingerprint density at radius 3 is 2.31 bits per heavy atom. The van der Waals surface area contributed by atoms with Gasteiger partial charge < -0.3 is 24.6 Å². The lowest BCUT2D eigenvalue weighted by molar-refractivity contribution is 0.102. The summed E-state index contributed by atoms with van der Waals surface area (Å²) in [6.07, 6.45) is 2.69. The summed E-state index contributed by atoms with van der Waals surface area (Å²) in [5.41, 5.74) is -0.948. The molecule has 0 aliphatic rings. The van der Waals surface area contributed by atoms with E-state index in [1.807, 2.05) is 0 Å². The van der Waals surface area contributed by atoms with Crippen LogP contribution in [0.3, 0.4) is 0 Å². The van der Waals surface area contributed by atoms with Gasteiger partial charge in [0.2, 0.25) is 0 Å². The highest BCUT2D eigenvalue weighted by molar-refractivity contribution is 6.03. The van der Waals surface area contributed by atoms with Gasteiger partial charge in [-0.3, -0.25) is 19.1 Å². The van der Waals surface area contributed by atoms with Gasteiger partial charge in [-0.05, 0) is 60.7 Å². The highest BCUT2D eigenvalue weighted by Crippen LogP contribution is 2.37. The maximum absolute atomic E-state index is 13.4. The largest absolute Gasteiger partial charge is 0.493 e. The number of ether oxygens (including phenoxy) is 3. The summed E-state index contributed by atoms with van der Waals surface area (Å²) in [6, 6.07) is 16.3. The number of aliphatic hydroxyl groups is 1. The van der Waals surface area contributed by atoms with Crippen molar-refractivity contribution in [3.8, 4) is 28.7 Å². The molecule has 2 N–H and O–H groups in total. The number of aliphatic hydroxyl groups excluding tert-OH is 1. The van der Waals surface area contributed by atoms with E-state index in [1.54, 1.807) is 48.7 Å².